The number of hydrogen-bond acceptors (Lipinski definition) is 5. The van der Waals surface area contributed by atoms with Gasteiger partial charge in [-0.15, -0.1) is 0 Å². The fraction of sp³-hybridized carbons (Fsp3) is 0.500. The van der Waals surface area contributed by atoms with Gasteiger partial charge in [-0.3, -0.25) is 14.7 Å². The van der Waals surface area contributed by atoms with Crippen LogP contribution in [0.3, 0.4) is 0 Å². The van der Waals surface area contributed by atoms with E-state index in [9.17, 15) is 9.90 Å². The van der Waals surface area contributed by atoms with Gasteiger partial charge in [-0.05, 0) is 6.07 Å². The highest BCUT2D eigenvalue weighted by atomic mass is 16.3. The highest BCUT2D eigenvalue weighted by Gasteiger charge is 2.12. The minimum atomic E-state index is -0.259. The lowest BCUT2D eigenvalue weighted by atomic mass is 10.2. The summed E-state index contributed by atoms with van der Waals surface area (Å²) in [6.45, 7) is 5.44. The number of carbonyl (C=O) groups is 1. The third-order valence-electron chi connectivity index (χ3n) is 2.97. The highest BCUT2D eigenvalue weighted by molar-refractivity contribution is 5.96. The minimum absolute atomic E-state index is 0.0860. The Kier molecular flexibility index (Phi) is 4.49. The van der Waals surface area contributed by atoms with Crippen molar-refractivity contribution < 1.29 is 9.90 Å². The summed E-state index contributed by atoms with van der Waals surface area (Å²) in [4.78, 5) is 17.8. The molecule has 0 aliphatic carbocycles. The zero-order valence-corrected chi connectivity index (χ0v) is 10.2. The van der Waals surface area contributed by atoms with Crippen molar-refractivity contribution in [3.8, 4) is 5.75 Å². The van der Waals surface area contributed by atoms with Crippen LogP contribution in [-0.4, -0.2) is 60.2 Å². The summed E-state index contributed by atoms with van der Waals surface area (Å²) in [5, 5.41) is 15.6. The molecule has 0 bridgehead atoms. The van der Waals surface area contributed by atoms with Crippen molar-refractivity contribution in [2.24, 2.45) is 0 Å². The maximum absolute atomic E-state index is 11.8. The zero-order valence-electron chi connectivity index (χ0n) is 10.2. The first-order valence-corrected chi connectivity index (χ1v) is 6.11. The summed E-state index contributed by atoms with van der Waals surface area (Å²) in [6, 6.07) is 1.51. The zero-order chi connectivity index (χ0) is 12.8. The van der Waals surface area contributed by atoms with Gasteiger partial charge in [-0.2, -0.15) is 0 Å². The molecule has 0 saturated carbocycles. The molecular formula is C12H18N4O2. The largest absolute Gasteiger partial charge is 0.505 e. The van der Waals surface area contributed by atoms with Crippen molar-refractivity contribution in [3.05, 3.63) is 24.0 Å². The average Bonchev–Trinajstić information content (AvgIpc) is 2.40. The van der Waals surface area contributed by atoms with Crippen LogP contribution in [0.2, 0.25) is 0 Å². The van der Waals surface area contributed by atoms with Gasteiger partial charge in [0.05, 0.1) is 11.8 Å². The second-order valence-electron chi connectivity index (χ2n) is 4.24. The number of hydrogen-bond donors (Lipinski definition) is 3. The number of rotatable bonds is 4. The molecule has 6 heteroatoms. The molecule has 1 aliphatic rings. The van der Waals surface area contributed by atoms with Crippen molar-refractivity contribution in [1.29, 1.82) is 0 Å². The molecule has 1 fully saturated rings. The van der Waals surface area contributed by atoms with Gasteiger partial charge in [0.15, 0.2) is 0 Å². The Bertz CT molecular complexity index is 405. The summed E-state index contributed by atoms with van der Waals surface area (Å²) in [6.07, 6.45) is 2.76. The first-order valence-electron chi connectivity index (χ1n) is 6.11. The van der Waals surface area contributed by atoms with E-state index in [1.165, 1.54) is 18.5 Å². The van der Waals surface area contributed by atoms with Crippen LogP contribution in [0.1, 0.15) is 10.4 Å². The normalized spacial score (nSPS) is 16.4. The van der Waals surface area contributed by atoms with E-state index >= 15 is 0 Å². The molecule has 18 heavy (non-hydrogen) atoms. The molecule has 3 N–H and O–H groups in total. The Hall–Kier alpha value is -1.66. The van der Waals surface area contributed by atoms with Crippen LogP contribution in [-0.2, 0) is 0 Å². The summed E-state index contributed by atoms with van der Waals surface area (Å²) in [5.74, 6) is -0.345. The van der Waals surface area contributed by atoms with E-state index in [2.05, 4.69) is 20.5 Å². The number of carbonyl (C=O) groups excluding carboxylic acids is 1. The van der Waals surface area contributed by atoms with Gasteiger partial charge in [0.2, 0.25) is 0 Å². The average molecular weight is 250 g/mol. The maximum atomic E-state index is 11.8. The van der Waals surface area contributed by atoms with Gasteiger partial charge in [0, 0.05) is 45.5 Å². The van der Waals surface area contributed by atoms with Gasteiger partial charge >= 0.3 is 0 Å². The summed E-state index contributed by atoms with van der Waals surface area (Å²) < 4.78 is 0. The van der Waals surface area contributed by atoms with Crippen LogP contribution in [0, 0.1) is 0 Å². The molecule has 1 aliphatic heterocycles. The second kappa shape index (κ2) is 6.32. The molecule has 2 heterocycles. The van der Waals surface area contributed by atoms with Crippen LogP contribution in [0.15, 0.2) is 18.5 Å². The van der Waals surface area contributed by atoms with Crippen molar-refractivity contribution in [2.75, 3.05) is 39.3 Å². The van der Waals surface area contributed by atoms with Gasteiger partial charge in [-0.25, -0.2) is 0 Å². The predicted molar refractivity (Wildman–Crippen MR) is 67.5 cm³/mol. The van der Waals surface area contributed by atoms with E-state index in [0.717, 1.165) is 32.7 Å². The monoisotopic (exact) mass is 250 g/mol. The van der Waals surface area contributed by atoms with Crippen molar-refractivity contribution in [3.63, 3.8) is 0 Å². The van der Waals surface area contributed by atoms with Gasteiger partial charge in [0.1, 0.15) is 5.75 Å². The molecule has 0 spiro atoms. The molecule has 0 aromatic carbocycles. The number of aromatic hydroxyl groups is 1. The lowest BCUT2D eigenvalue weighted by Crippen LogP contribution is -2.46. The first-order chi connectivity index (χ1) is 8.77. The van der Waals surface area contributed by atoms with Crippen molar-refractivity contribution in [2.45, 2.75) is 0 Å². The van der Waals surface area contributed by atoms with Crippen LogP contribution in [0.5, 0.6) is 5.75 Å². The molecule has 1 amide bonds. The van der Waals surface area contributed by atoms with Crippen LogP contribution < -0.4 is 10.6 Å². The molecule has 2 rings (SSSR count). The number of piperazine rings is 1. The molecule has 1 saturated heterocycles. The van der Waals surface area contributed by atoms with E-state index in [1.54, 1.807) is 0 Å². The molecule has 1 aromatic rings. The Morgan fingerprint density at radius 2 is 2.28 bits per heavy atom. The lowest BCUT2D eigenvalue weighted by Gasteiger charge is -2.27. The molecule has 6 nitrogen and oxygen atoms in total. The fourth-order valence-electron chi connectivity index (χ4n) is 1.94. The quantitative estimate of drug-likeness (QED) is 0.666. The van der Waals surface area contributed by atoms with E-state index in [0.29, 0.717) is 6.54 Å². The van der Waals surface area contributed by atoms with Crippen LogP contribution >= 0.6 is 0 Å². The van der Waals surface area contributed by atoms with Gasteiger partial charge in [-0.1, -0.05) is 0 Å². The molecule has 0 atom stereocenters. The third kappa shape index (κ3) is 3.41. The Morgan fingerprint density at radius 3 is 3.00 bits per heavy atom. The highest BCUT2D eigenvalue weighted by Crippen LogP contribution is 2.12. The first kappa shape index (κ1) is 12.8. The fourth-order valence-corrected chi connectivity index (χ4v) is 1.94. The van der Waals surface area contributed by atoms with E-state index in [4.69, 9.17) is 0 Å². The summed E-state index contributed by atoms with van der Waals surface area (Å²) in [7, 11) is 0. The van der Waals surface area contributed by atoms with Crippen molar-refractivity contribution >= 4 is 5.91 Å². The number of aromatic nitrogens is 1. The molecule has 0 radical (unpaired) electrons. The molecule has 0 unspecified atom stereocenters. The van der Waals surface area contributed by atoms with Gasteiger partial charge < -0.3 is 15.7 Å². The lowest BCUT2D eigenvalue weighted by molar-refractivity contribution is 0.0944. The van der Waals surface area contributed by atoms with E-state index in [1.807, 2.05) is 0 Å². The Labute approximate surface area is 106 Å². The SMILES string of the molecule is O=C(NCCN1CCNCC1)c1ccncc1O. The van der Waals surface area contributed by atoms with Crippen molar-refractivity contribution in [1.82, 2.24) is 20.5 Å². The topological polar surface area (TPSA) is 77.5 Å². The third-order valence-corrected chi connectivity index (χ3v) is 2.97. The minimum Gasteiger partial charge on any atom is -0.505 e. The summed E-state index contributed by atoms with van der Waals surface area (Å²) in [5.41, 5.74) is 0.269. The molecule has 1 aromatic heterocycles. The van der Waals surface area contributed by atoms with E-state index < -0.39 is 0 Å². The van der Waals surface area contributed by atoms with E-state index in [-0.39, 0.29) is 17.2 Å². The standard InChI is InChI=1S/C12H18N4O2/c17-11-9-14-2-1-10(11)12(18)15-5-8-16-6-3-13-4-7-16/h1-2,9,13,17H,3-8H2,(H,15,18). The second-order valence-corrected chi connectivity index (χ2v) is 4.24. The Balaban J connectivity index is 1.76. The molecule has 98 valence electrons. The van der Waals surface area contributed by atoms with Gasteiger partial charge in [0.25, 0.3) is 5.91 Å². The van der Waals surface area contributed by atoms with Crippen LogP contribution in [0.25, 0.3) is 0 Å². The molecular weight excluding hydrogens is 232 g/mol. The summed E-state index contributed by atoms with van der Waals surface area (Å²) >= 11 is 0. The number of nitrogens with one attached hydrogen (secondary N) is 2. The number of amides is 1. The maximum Gasteiger partial charge on any atom is 0.255 e. The predicted octanol–water partition coefficient (Wildman–Crippen LogP) is -0.578. The Morgan fingerprint density at radius 1 is 1.50 bits per heavy atom. The number of nitrogens with zero attached hydrogens (tertiary/aromatic N) is 2. The smallest absolute Gasteiger partial charge is 0.255 e. The number of pyridine rings is 1. The van der Waals surface area contributed by atoms with Crippen LogP contribution in [0.4, 0.5) is 0 Å².